The van der Waals surface area contributed by atoms with Gasteiger partial charge in [0.15, 0.2) is 11.5 Å². The number of likely N-dealkylation sites (tertiary alicyclic amines) is 1. The first-order chi connectivity index (χ1) is 11.6. The van der Waals surface area contributed by atoms with Crippen LogP contribution in [0.3, 0.4) is 0 Å². The van der Waals surface area contributed by atoms with Gasteiger partial charge in [0.1, 0.15) is 0 Å². The third-order valence-electron chi connectivity index (χ3n) is 5.01. The van der Waals surface area contributed by atoms with Gasteiger partial charge in [-0.15, -0.1) is 0 Å². The summed E-state index contributed by atoms with van der Waals surface area (Å²) < 4.78 is 10.7. The molecule has 0 aromatic heterocycles. The summed E-state index contributed by atoms with van der Waals surface area (Å²) in [5.74, 6) is 1.50. The fourth-order valence-electron chi connectivity index (χ4n) is 3.58. The molecule has 6 heteroatoms. The number of methoxy groups -OCH3 is 2. The Morgan fingerprint density at radius 2 is 1.96 bits per heavy atom. The van der Waals surface area contributed by atoms with E-state index in [-0.39, 0.29) is 6.03 Å². The van der Waals surface area contributed by atoms with Gasteiger partial charge >= 0.3 is 6.03 Å². The van der Waals surface area contributed by atoms with Gasteiger partial charge < -0.3 is 20.1 Å². The van der Waals surface area contributed by atoms with Crippen LogP contribution in [-0.4, -0.2) is 55.2 Å². The maximum Gasteiger partial charge on any atom is 0.314 e. The largest absolute Gasteiger partial charge is 0.493 e. The van der Waals surface area contributed by atoms with E-state index in [9.17, 15) is 4.79 Å². The van der Waals surface area contributed by atoms with Crippen LogP contribution in [0.5, 0.6) is 11.5 Å². The van der Waals surface area contributed by atoms with Crippen LogP contribution >= 0.6 is 0 Å². The summed E-state index contributed by atoms with van der Waals surface area (Å²) in [4.78, 5) is 15.8. The van der Waals surface area contributed by atoms with Crippen LogP contribution in [-0.2, 0) is 6.54 Å². The Labute approximate surface area is 143 Å². The molecule has 132 valence electrons. The number of primary amides is 1. The highest BCUT2D eigenvalue weighted by Crippen LogP contribution is 2.34. The van der Waals surface area contributed by atoms with Gasteiger partial charge in [-0.3, -0.25) is 4.90 Å². The molecule has 24 heavy (non-hydrogen) atoms. The zero-order valence-corrected chi connectivity index (χ0v) is 14.5. The third kappa shape index (κ3) is 3.75. The number of carbonyl (C=O) groups excluding carboxylic acids is 1. The van der Waals surface area contributed by atoms with Gasteiger partial charge in [0.25, 0.3) is 0 Å². The Kier molecular flexibility index (Phi) is 5.14. The lowest BCUT2D eigenvalue weighted by Gasteiger charge is -2.39. The molecule has 1 aromatic carbocycles. The summed E-state index contributed by atoms with van der Waals surface area (Å²) >= 11 is 0. The molecule has 2 fully saturated rings. The second kappa shape index (κ2) is 7.30. The average Bonchev–Trinajstić information content (AvgIpc) is 3.44. The molecular weight excluding hydrogens is 306 g/mol. The second-order valence-electron chi connectivity index (χ2n) is 6.67. The number of benzene rings is 1. The number of nitrogens with zero attached hydrogens (tertiary/aromatic N) is 2. The van der Waals surface area contributed by atoms with E-state index in [0.29, 0.717) is 12.1 Å². The van der Waals surface area contributed by atoms with Crippen molar-refractivity contribution in [3.05, 3.63) is 23.8 Å². The standard InChI is InChI=1S/C18H27N3O3/c1-23-16-8-5-13(10-17(16)24-2)11-21(14-6-7-14)15-4-3-9-20(12-15)18(19)22/h5,8,10,14-15H,3-4,6-7,9,11-12H2,1-2H3,(H2,19,22)/t15-/m1/s1. The predicted molar refractivity (Wildman–Crippen MR) is 92.3 cm³/mol. The number of ether oxygens (including phenoxy) is 2. The van der Waals surface area contributed by atoms with E-state index in [1.807, 2.05) is 12.1 Å². The van der Waals surface area contributed by atoms with Crippen LogP contribution in [0.4, 0.5) is 4.79 Å². The minimum Gasteiger partial charge on any atom is -0.493 e. The molecule has 0 unspecified atom stereocenters. The summed E-state index contributed by atoms with van der Waals surface area (Å²) in [6.07, 6.45) is 4.61. The number of amides is 2. The van der Waals surface area contributed by atoms with Crippen molar-refractivity contribution in [3.8, 4) is 11.5 Å². The second-order valence-corrected chi connectivity index (χ2v) is 6.67. The molecular formula is C18H27N3O3. The molecule has 1 saturated heterocycles. The summed E-state index contributed by atoms with van der Waals surface area (Å²) in [6.45, 7) is 2.38. The molecule has 0 bridgehead atoms. The maximum atomic E-state index is 11.5. The number of nitrogens with two attached hydrogens (primary N) is 1. The molecule has 1 atom stereocenters. The first-order valence-electron chi connectivity index (χ1n) is 8.63. The summed E-state index contributed by atoms with van der Waals surface area (Å²) in [7, 11) is 3.31. The zero-order chi connectivity index (χ0) is 17.1. The highest BCUT2D eigenvalue weighted by atomic mass is 16.5. The maximum absolute atomic E-state index is 11.5. The molecule has 2 amide bonds. The summed E-state index contributed by atoms with van der Waals surface area (Å²) in [5, 5.41) is 0. The van der Waals surface area contributed by atoms with E-state index >= 15 is 0 Å². The van der Waals surface area contributed by atoms with E-state index < -0.39 is 0 Å². The van der Waals surface area contributed by atoms with Crippen LogP contribution in [0.1, 0.15) is 31.2 Å². The van der Waals surface area contributed by atoms with Crippen LogP contribution in [0.25, 0.3) is 0 Å². The Hall–Kier alpha value is -1.95. The molecule has 2 aliphatic rings. The van der Waals surface area contributed by atoms with Crippen molar-refractivity contribution in [1.82, 2.24) is 9.80 Å². The predicted octanol–water partition coefficient (Wildman–Crippen LogP) is 2.21. The van der Waals surface area contributed by atoms with Crippen molar-refractivity contribution < 1.29 is 14.3 Å². The van der Waals surface area contributed by atoms with Gasteiger partial charge in [0.2, 0.25) is 0 Å². The summed E-state index contributed by atoms with van der Waals surface area (Å²) in [5.41, 5.74) is 6.69. The normalized spacial score (nSPS) is 21.0. The average molecular weight is 333 g/mol. The van der Waals surface area contributed by atoms with Gasteiger partial charge in [0.05, 0.1) is 14.2 Å². The smallest absolute Gasteiger partial charge is 0.314 e. The van der Waals surface area contributed by atoms with Crippen LogP contribution in [0, 0.1) is 0 Å². The zero-order valence-electron chi connectivity index (χ0n) is 14.5. The Balaban J connectivity index is 1.73. The number of piperidine rings is 1. The first-order valence-corrected chi connectivity index (χ1v) is 8.63. The minimum atomic E-state index is -0.304. The molecule has 1 aliphatic carbocycles. The molecule has 1 aliphatic heterocycles. The fraction of sp³-hybridized carbons (Fsp3) is 0.611. The van der Waals surface area contributed by atoms with E-state index in [1.54, 1.807) is 19.1 Å². The van der Waals surface area contributed by atoms with Crippen LogP contribution in [0.2, 0.25) is 0 Å². The van der Waals surface area contributed by atoms with Crippen molar-refractivity contribution in [2.24, 2.45) is 5.73 Å². The van der Waals surface area contributed by atoms with Gasteiger partial charge in [-0.05, 0) is 43.4 Å². The van der Waals surface area contributed by atoms with Crippen molar-refractivity contribution in [2.45, 2.75) is 44.3 Å². The Morgan fingerprint density at radius 1 is 1.21 bits per heavy atom. The molecule has 1 heterocycles. The molecule has 2 N–H and O–H groups in total. The number of urea groups is 1. The number of rotatable bonds is 6. The highest BCUT2D eigenvalue weighted by molar-refractivity contribution is 5.72. The van der Waals surface area contributed by atoms with Gasteiger partial charge in [0, 0.05) is 31.7 Å². The third-order valence-corrected chi connectivity index (χ3v) is 5.01. The van der Waals surface area contributed by atoms with Gasteiger partial charge in [-0.2, -0.15) is 0 Å². The Morgan fingerprint density at radius 3 is 2.58 bits per heavy atom. The lowest BCUT2D eigenvalue weighted by atomic mass is 10.0. The molecule has 3 rings (SSSR count). The topological polar surface area (TPSA) is 68.0 Å². The van der Waals surface area contributed by atoms with E-state index in [1.165, 1.54) is 18.4 Å². The molecule has 6 nitrogen and oxygen atoms in total. The van der Waals surface area contributed by atoms with Crippen LogP contribution in [0.15, 0.2) is 18.2 Å². The fourth-order valence-corrected chi connectivity index (χ4v) is 3.58. The lowest BCUT2D eigenvalue weighted by Crippen LogP contribution is -2.51. The van der Waals surface area contributed by atoms with Crippen molar-refractivity contribution in [3.63, 3.8) is 0 Å². The number of hydrogen-bond acceptors (Lipinski definition) is 4. The molecule has 1 saturated carbocycles. The summed E-state index contributed by atoms with van der Waals surface area (Å²) in [6, 6.07) is 6.79. The quantitative estimate of drug-likeness (QED) is 0.867. The molecule has 0 spiro atoms. The monoisotopic (exact) mass is 333 g/mol. The number of carbonyl (C=O) groups is 1. The van der Waals surface area contributed by atoms with E-state index in [4.69, 9.17) is 15.2 Å². The van der Waals surface area contributed by atoms with E-state index in [0.717, 1.165) is 44.0 Å². The molecule has 0 radical (unpaired) electrons. The van der Waals surface area contributed by atoms with Crippen molar-refractivity contribution in [2.75, 3.05) is 27.3 Å². The molecule has 1 aromatic rings. The van der Waals surface area contributed by atoms with Gasteiger partial charge in [-0.1, -0.05) is 6.07 Å². The van der Waals surface area contributed by atoms with Crippen molar-refractivity contribution >= 4 is 6.03 Å². The van der Waals surface area contributed by atoms with Gasteiger partial charge in [-0.25, -0.2) is 4.79 Å². The highest BCUT2D eigenvalue weighted by Gasteiger charge is 2.36. The van der Waals surface area contributed by atoms with Crippen LogP contribution < -0.4 is 15.2 Å². The first kappa shape index (κ1) is 16.9. The Bertz CT molecular complexity index is 589. The lowest BCUT2D eigenvalue weighted by molar-refractivity contribution is 0.0999. The number of hydrogen-bond donors (Lipinski definition) is 1. The van der Waals surface area contributed by atoms with Crippen molar-refractivity contribution in [1.29, 1.82) is 0 Å². The SMILES string of the molecule is COc1ccc(CN(C2CC2)[C@@H]2CCCN(C(N)=O)C2)cc1OC. The van der Waals surface area contributed by atoms with E-state index in [2.05, 4.69) is 11.0 Å². The minimum absolute atomic E-state index is 0.304.